The first-order chi connectivity index (χ1) is 13.5. The van der Waals surface area contributed by atoms with Gasteiger partial charge in [0.1, 0.15) is 6.33 Å². The minimum Gasteiger partial charge on any atom is -0.346 e. The molecule has 0 bridgehead atoms. The summed E-state index contributed by atoms with van der Waals surface area (Å²) in [5.41, 5.74) is 5.39. The number of hydrogen-bond donors (Lipinski definition) is 1. The summed E-state index contributed by atoms with van der Waals surface area (Å²) in [5.74, 6) is 0.554. The average Bonchev–Trinajstić information content (AvgIpc) is 2.70. The maximum atomic E-state index is 11.9. The summed E-state index contributed by atoms with van der Waals surface area (Å²) in [6, 6.07) is 14.0. The molecule has 3 aromatic rings. The zero-order chi connectivity index (χ0) is 19.7. The Morgan fingerprint density at radius 2 is 1.86 bits per heavy atom. The van der Waals surface area contributed by atoms with Gasteiger partial charge in [0.2, 0.25) is 11.6 Å². The normalized spacial score (nSPS) is 13.1. The van der Waals surface area contributed by atoms with Gasteiger partial charge in [0.15, 0.2) is 0 Å². The molecule has 1 N–H and O–H groups in total. The van der Waals surface area contributed by atoms with Crippen molar-refractivity contribution < 1.29 is 4.92 Å². The Morgan fingerprint density at radius 1 is 1.07 bits per heavy atom. The van der Waals surface area contributed by atoms with E-state index in [-0.39, 0.29) is 11.5 Å². The third kappa shape index (κ3) is 3.38. The maximum absolute atomic E-state index is 11.9. The number of anilines is 3. The van der Waals surface area contributed by atoms with E-state index in [0.29, 0.717) is 18.9 Å². The van der Waals surface area contributed by atoms with Gasteiger partial charge in [-0.15, -0.1) is 0 Å². The SMILES string of the molecule is Cc1ccc(Nc2ncnc(N3CCc4ccccc4C3)c2[N+](=O)[O-])cc1C. The Kier molecular flexibility index (Phi) is 4.65. The lowest BCUT2D eigenvalue weighted by Crippen LogP contribution is -2.31. The van der Waals surface area contributed by atoms with E-state index >= 15 is 0 Å². The quantitative estimate of drug-likeness (QED) is 0.540. The van der Waals surface area contributed by atoms with E-state index in [1.54, 1.807) is 0 Å². The second-order valence-electron chi connectivity index (χ2n) is 7.02. The van der Waals surface area contributed by atoms with Crippen LogP contribution in [-0.2, 0) is 13.0 Å². The fraction of sp³-hybridized carbons (Fsp3) is 0.238. The molecule has 1 aliphatic heterocycles. The van der Waals surface area contributed by atoms with E-state index in [4.69, 9.17) is 0 Å². The molecule has 142 valence electrons. The highest BCUT2D eigenvalue weighted by Gasteiger charge is 2.29. The molecule has 1 aliphatic rings. The molecule has 0 saturated carbocycles. The number of fused-ring (bicyclic) bond motifs is 1. The van der Waals surface area contributed by atoms with Crippen molar-refractivity contribution in [2.75, 3.05) is 16.8 Å². The third-order valence-corrected chi connectivity index (χ3v) is 5.19. The Balaban J connectivity index is 1.70. The zero-order valence-electron chi connectivity index (χ0n) is 15.8. The van der Waals surface area contributed by atoms with Gasteiger partial charge in [-0.3, -0.25) is 10.1 Å². The van der Waals surface area contributed by atoms with Gasteiger partial charge >= 0.3 is 5.69 Å². The summed E-state index contributed by atoms with van der Waals surface area (Å²) in [6.07, 6.45) is 2.21. The van der Waals surface area contributed by atoms with E-state index in [1.807, 2.05) is 49.1 Å². The molecular formula is C21H21N5O2. The Labute approximate surface area is 163 Å². The molecule has 0 amide bonds. The molecule has 4 rings (SSSR count). The van der Waals surface area contributed by atoms with E-state index in [1.165, 1.54) is 17.5 Å². The summed E-state index contributed by atoms with van der Waals surface area (Å²) in [4.78, 5) is 21.9. The van der Waals surface area contributed by atoms with Crippen LogP contribution in [0.3, 0.4) is 0 Å². The zero-order valence-corrected chi connectivity index (χ0v) is 15.8. The minimum atomic E-state index is -0.404. The lowest BCUT2D eigenvalue weighted by atomic mass is 10.00. The van der Waals surface area contributed by atoms with E-state index in [0.717, 1.165) is 23.2 Å². The monoisotopic (exact) mass is 375 g/mol. The summed E-state index contributed by atoms with van der Waals surface area (Å²) in [6.45, 7) is 5.30. The molecule has 2 aromatic carbocycles. The first-order valence-electron chi connectivity index (χ1n) is 9.18. The van der Waals surface area contributed by atoms with Crippen LogP contribution in [0.25, 0.3) is 0 Å². The lowest BCUT2D eigenvalue weighted by molar-refractivity contribution is -0.383. The predicted octanol–water partition coefficient (Wildman–Crippen LogP) is 4.31. The molecule has 7 nitrogen and oxygen atoms in total. The van der Waals surface area contributed by atoms with Gasteiger partial charge in [-0.1, -0.05) is 30.3 Å². The number of nitrogens with one attached hydrogen (secondary N) is 1. The lowest BCUT2D eigenvalue weighted by Gasteiger charge is -2.29. The van der Waals surface area contributed by atoms with Crippen LogP contribution in [0, 0.1) is 24.0 Å². The summed E-state index contributed by atoms with van der Waals surface area (Å²) in [7, 11) is 0. The van der Waals surface area contributed by atoms with Crippen molar-refractivity contribution in [2.24, 2.45) is 0 Å². The molecule has 28 heavy (non-hydrogen) atoms. The molecule has 0 saturated heterocycles. The van der Waals surface area contributed by atoms with Gasteiger partial charge in [-0.2, -0.15) is 0 Å². The first-order valence-corrected chi connectivity index (χ1v) is 9.18. The van der Waals surface area contributed by atoms with E-state index < -0.39 is 4.92 Å². The predicted molar refractivity (Wildman–Crippen MR) is 109 cm³/mol. The van der Waals surface area contributed by atoms with Gasteiger partial charge < -0.3 is 10.2 Å². The average molecular weight is 375 g/mol. The van der Waals surface area contributed by atoms with Crippen LogP contribution in [0.15, 0.2) is 48.8 Å². The van der Waals surface area contributed by atoms with E-state index in [2.05, 4.69) is 27.4 Å². The number of benzene rings is 2. The van der Waals surface area contributed by atoms with Crippen LogP contribution in [-0.4, -0.2) is 21.4 Å². The van der Waals surface area contributed by atoms with Gasteiger partial charge in [-0.25, -0.2) is 9.97 Å². The second-order valence-corrected chi connectivity index (χ2v) is 7.02. The van der Waals surface area contributed by atoms with Crippen molar-refractivity contribution in [3.63, 3.8) is 0 Å². The number of nitrogens with zero attached hydrogens (tertiary/aromatic N) is 4. The number of aromatic nitrogens is 2. The molecule has 0 radical (unpaired) electrons. The second kappa shape index (κ2) is 7.26. The topological polar surface area (TPSA) is 84.2 Å². The van der Waals surface area contributed by atoms with E-state index in [9.17, 15) is 10.1 Å². The largest absolute Gasteiger partial charge is 0.353 e. The van der Waals surface area contributed by atoms with Gasteiger partial charge in [0.05, 0.1) is 4.92 Å². The molecule has 0 spiro atoms. The van der Waals surface area contributed by atoms with Crippen LogP contribution in [0.1, 0.15) is 22.3 Å². The summed E-state index contributed by atoms with van der Waals surface area (Å²) < 4.78 is 0. The highest BCUT2D eigenvalue weighted by Crippen LogP contribution is 2.35. The Hall–Kier alpha value is -3.48. The number of nitro groups is 1. The van der Waals surface area contributed by atoms with Crippen molar-refractivity contribution in [1.82, 2.24) is 9.97 Å². The summed E-state index contributed by atoms with van der Waals surface area (Å²) >= 11 is 0. The summed E-state index contributed by atoms with van der Waals surface area (Å²) in [5, 5.41) is 15.0. The van der Waals surface area contributed by atoms with Gasteiger partial charge in [0.25, 0.3) is 0 Å². The molecule has 1 aromatic heterocycles. The van der Waals surface area contributed by atoms with Crippen LogP contribution < -0.4 is 10.2 Å². The van der Waals surface area contributed by atoms with Crippen molar-refractivity contribution in [1.29, 1.82) is 0 Å². The molecule has 7 heteroatoms. The smallest absolute Gasteiger partial charge is 0.346 e. The van der Waals surface area contributed by atoms with Crippen LogP contribution in [0.4, 0.5) is 23.0 Å². The number of aryl methyl sites for hydroxylation is 2. The standard InChI is InChI=1S/C21H21N5O2/c1-14-7-8-18(11-15(14)2)24-20-19(26(27)28)21(23-13-22-20)25-10-9-16-5-3-4-6-17(16)12-25/h3-8,11,13H,9-10,12H2,1-2H3,(H,22,23,24). The Morgan fingerprint density at radius 3 is 2.61 bits per heavy atom. The molecule has 0 aliphatic carbocycles. The highest BCUT2D eigenvalue weighted by atomic mass is 16.6. The first kappa shape index (κ1) is 17.9. The third-order valence-electron chi connectivity index (χ3n) is 5.19. The highest BCUT2D eigenvalue weighted by molar-refractivity contribution is 5.75. The molecule has 0 atom stereocenters. The molecule has 2 heterocycles. The van der Waals surface area contributed by atoms with Crippen molar-refractivity contribution in [2.45, 2.75) is 26.8 Å². The van der Waals surface area contributed by atoms with Gasteiger partial charge in [0, 0.05) is 18.8 Å². The van der Waals surface area contributed by atoms with Crippen LogP contribution in [0.5, 0.6) is 0 Å². The fourth-order valence-electron chi connectivity index (χ4n) is 3.49. The number of hydrogen-bond acceptors (Lipinski definition) is 6. The Bertz CT molecular complexity index is 1050. The molecular weight excluding hydrogens is 354 g/mol. The maximum Gasteiger partial charge on any atom is 0.353 e. The molecule has 0 unspecified atom stereocenters. The minimum absolute atomic E-state index is 0.0971. The van der Waals surface area contributed by atoms with Crippen LogP contribution in [0.2, 0.25) is 0 Å². The fourth-order valence-corrected chi connectivity index (χ4v) is 3.49. The van der Waals surface area contributed by atoms with Crippen molar-refractivity contribution in [3.8, 4) is 0 Å². The van der Waals surface area contributed by atoms with Gasteiger partial charge in [-0.05, 0) is 54.7 Å². The van der Waals surface area contributed by atoms with Crippen LogP contribution >= 0.6 is 0 Å². The van der Waals surface area contributed by atoms with Crippen molar-refractivity contribution >= 4 is 23.0 Å². The van der Waals surface area contributed by atoms with Crippen molar-refractivity contribution in [3.05, 3.63) is 81.2 Å². The molecule has 0 fully saturated rings. The number of rotatable bonds is 4.